The van der Waals surface area contributed by atoms with Crippen LogP contribution in [0.15, 0.2) is 44.7 Å². The minimum atomic E-state index is -1.10. The Balaban J connectivity index is 0.000000228. The molecule has 1 atom stereocenters. The van der Waals surface area contributed by atoms with Crippen molar-refractivity contribution in [2.45, 2.75) is 72.4 Å². The smallest absolute Gasteiger partial charge is 0.442 e. The molecule has 13 heteroatoms. The van der Waals surface area contributed by atoms with Crippen molar-refractivity contribution in [1.82, 2.24) is 20.1 Å². The lowest BCUT2D eigenvalue weighted by Gasteiger charge is -2.21. The zero-order valence-electron chi connectivity index (χ0n) is 24.1. The molecular weight excluding hydrogens is 573 g/mol. The fourth-order valence-electron chi connectivity index (χ4n) is 3.57. The van der Waals surface area contributed by atoms with E-state index in [0.717, 1.165) is 4.68 Å². The highest BCUT2D eigenvalue weighted by Crippen LogP contribution is 2.33. The van der Waals surface area contributed by atoms with Gasteiger partial charge in [0.2, 0.25) is 5.89 Å². The van der Waals surface area contributed by atoms with E-state index in [0.29, 0.717) is 22.4 Å². The fourth-order valence-corrected chi connectivity index (χ4v) is 4.08. The molecule has 1 aliphatic rings. The number of carboxylic acid groups (broad SMARTS) is 1. The van der Waals surface area contributed by atoms with Gasteiger partial charge < -0.3 is 19.6 Å². The number of carbonyl (C=O) groups excluding carboxylic acids is 1. The van der Waals surface area contributed by atoms with E-state index < -0.39 is 17.3 Å². The van der Waals surface area contributed by atoms with Crippen LogP contribution in [0.4, 0.5) is 0 Å². The summed E-state index contributed by atoms with van der Waals surface area (Å²) in [6.07, 6.45) is 1.41. The van der Waals surface area contributed by atoms with Crippen molar-refractivity contribution in [3.8, 4) is 11.4 Å². The van der Waals surface area contributed by atoms with E-state index in [-0.39, 0.29) is 45.5 Å². The van der Waals surface area contributed by atoms with Crippen LogP contribution in [-0.4, -0.2) is 49.2 Å². The van der Waals surface area contributed by atoms with Crippen LogP contribution in [0.5, 0.6) is 5.75 Å². The van der Waals surface area contributed by atoms with E-state index in [4.69, 9.17) is 37.5 Å². The van der Waals surface area contributed by atoms with Crippen molar-refractivity contribution in [1.29, 1.82) is 0 Å². The number of carbonyl (C=O) groups is 2. The number of pyridine rings is 1. The van der Waals surface area contributed by atoms with Gasteiger partial charge in [-0.05, 0) is 44.9 Å². The van der Waals surface area contributed by atoms with Gasteiger partial charge in [-0.25, -0.2) is 14.6 Å². The molecule has 41 heavy (non-hydrogen) atoms. The summed E-state index contributed by atoms with van der Waals surface area (Å²) in [5, 5.41) is 16.6. The molecule has 1 aromatic carbocycles. The molecule has 0 radical (unpaired) electrons. The molecule has 1 amide bonds. The summed E-state index contributed by atoms with van der Waals surface area (Å²) in [5.41, 5.74) is -0.698. The van der Waals surface area contributed by atoms with Crippen molar-refractivity contribution < 1.29 is 23.8 Å². The highest BCUT2D eigenvalue weighted by Gasteiger charge is 2.43. The Morgan fingerprint density at radius 1 is 1.15 bits per heavy atom. The van der Waals surface area contributed by atoms with Gasteiger partial charge >= 0.3 is 11.7 Å². The number of hydrogen-bond donors (Lipinski definition) is 2. The molecule has 1 aliphatic heterocycles. The number of rotatable bonds is 6. The van der Waals surface area contributed by atoms with Gasteiger partial charge in [0.25, 0.3) is 5.91 Å². The summed E-state index contributed by atoms with van der Waals surface area (Å²) in [6.45, 7) is 15.0. The lowest BCUT2D eigenvalue weighted by molar-refractivity contribution is -0.124. The topological polar surface area (TPSA) is 149 Å². The third kappa shape index (κ3) is 6.97. The molecule has 4 rings (SSSR count). The van der Waals surface area contributed by atoms with Crippen LogP contribution in [0.2, 0.25) is 10.0 Å². The number of benzene rings is 1. The minimum Gasteiger partial charge on any atom is -0.489 e. The first-order chi connectivity index (χ1) is 19.0. The van der Waals surface area contributed by atoms with E-state index in [9.17, 15) is 14.4 Å². The Morgan fingerprint density at radius 3 is 2.32 bits per heavy atom. The van der Waals surface area contributed by atoms with E-state index in [2.05, 4.69) is 20.4 Å². The predicted molar refractivity (Wildman–Crippen MR) is 156 cm³/mol. The predicted octanol–water partition coefficient (Wildman–Crippen LogP) is 5.29. The maximum Gasteiger partial charge on any atom is 0.442 e. The van der Waals surface area contributed by atoms with Crippen molar-refractivity contribution in [3.63, 3.8) is 0 Å². The highest BCUT2D eigenvalue weighted by molar-refractivity contribution is 6.36. The highest BCUT2D eigenvalue weighted by atomic mass is 35.5. The molecule has 1 unspecified atom stereocenters. The van der Waals surface area contributed by atoms with Gasteiger partial charge in [0.05, 0.1) is 27.4 Å². The van der Waals surface area contributed by atoms with Gasteiger partial charge in [0, 0.05) is 17.7 Å². The molecule has 11 nitrogen and oxygen atoms in total. The van der Waals surface area contributed by atoms with Crippen LogP contribution >= 0.6 is 23.2 Å². The molecule has 0 aliphatic carbocycles. The van der Waals surface area contributed by atoms with Crippen LogP contribution < -0.4 is 15.8 Å². The molecule has 3 aromatic rings. The minimum absolute atomic E-state index is 0.00184. The second kappa shape index (κ2) is 12.0. The van der Waals surface area contributed by atoms with Gasteiger partial charge in [-0.2, -0.15) is 4.68 Å². The molecule has 0 spiro atoms. The number of aromatic nitrogens is 3. The summed E-state index contributed by atoms with van der Waals surface area (Å²) < 4.78 is 11.9. The number of carboxylic acids is 1. The van der Waals surface area contributed by atoms with E-state index in [1.54, 1.807) is 13.0 Å². The standard InChI is InChI=1S/C15H18Cl2N2O3.C13H15N3O3/c1-8(2)21-12-7-11(9(16)6-10(12)17)19-14(20)22-13(18-19)15(3,4)5;1-7(2)13(3)12(19)15-10(16-13)9-8(11(17)18)5-4-6-14-9/h6-8H,1-5H3;4-7H,1-3H3,(H,17,18)(H,15,16,19). The number of aromatic carboxylic acids is 1. The molecule has 3 heterocycles. The normalized spacial score (nSPS) is 16.8. The van der Waals surface area contributed by atoms with E-state index >= 15 is 0 Å². The molecule has 0 bridgehead atoms. The monoisotopic (exact) mass is 605 g/mol. The van der Waals surface area contributed by atoms with Crippen LogP contribution in [0.3, 0.4) is 0 Å². The Kier molecular flexibility index (Phi) is 9.34. The third-order valence-corrected chi connectivity index (χ3v) is 6.80. The number of nitrogens with zero attached hydrogens (tertiary/aromatic N) is 4. The molecule has 0 saturated carbocycles. The number of amides is 1. The second-order valence-corrected chi connectivity index (χ2v) is 12.0. The second-order valence-electron chi connectivity index (χ2n) is 11.2. The Morgan fingerprint density at radius 2 is 1.80 bits per heavy atom. The van der Waals surface area contributed by atoms with Crippen molar-refractivity contribution in [2.24, 2.45) is 10.9 Å². The molecule has 220 valence electrons. The number of nitrogens with one attached hydrogen (secondary N) is 1. The number of hydrogen-bond acceptors (Lipinski definition) is 8. The summed E-state index contributed by atoms with van der Waals surface area (Å²) in [4.78, 5) is 43.6. The molecule has 2 N–H and O–H groups in total. The van der Waals surface area contributed by atoms with E-state index in [1.165, 1.54) is 24.4 Å². The fraction of sp³-hybridized carbons (Fsp3) is 0.429. The van der Waals surface area contributed by atoms with Crippen molar-refractivity contribution in [3.05, 3.63) is 68.2 Å². The Bertz CT molecular complexity index is 1550. The maximum absolute atomic E-state index is 12.1. The molecule has 2 aromatic heterocycles. The van der Waals surface area contributed by atoms with Gasteiger partial charge in [0.15, 0.2) is 5.84 Å². The average molecular weight is 607 g/mol. The number of amidine groups is 1. The molecule has 0 saturated heterocycles. The molecular formula is C28H33Cl2N5O6. The maximum atomic E-state index is 12.1. The zero-order chi connectivity index (χ0) is 30.9. The SMILES string of the molecule is CC(C)C1(C)N=C(c2ncccc2C(=O)O)NC1=O.CC(C)Oc1cc(-n2nc(C(C)(C)C)oc2=O)c(Cl)cc1Cl. The van der Waals surface area contributed by atoms with Gasteiger partial charge in [0.1, 0.15) is 17.0 Å². The molecule has 0 fully saturated rings. The van der Waals surface area contributed by atoms with Crippen molar-refractivity contribution in [2.75, 3.05) is 0 Å². The van der Waals surface area contributed by atoms with Crippen LogP contribution in [-0.2, 0) is 10.2 Å². The summed E-state index contributed by atoms with van der Waals surface area (Å²) >= 11 is 12.3. The van der Waals surface area contributed by atoms with Crippen molar-refractivity contribution >= 4 is 40.9 Å². The van der Waals surface area contributed by atoms with E-state index in [1.807, 2.05) is 48.5 Å². The van der Waals surface area contributed by atoms with Gasteiger partial charge in [-0.3, -0.25) is 9.78 Å². The Labute approximate surface area is 247 Å². The van der Waals surface area contributed by atoms with Gasteiger partial charge in [-0.1, -0.05) is 57.8 Å². The van der Waals surface area contributed by atoms with Crippen LogP contribution in [0.1, 0.15) is 77.3 Å². The summed E-state index contributed by atoms with van der Waals surface area (Å²) in [7, 11) is 0. The largest absolute Gasteiger partial charge is 0.489 e. The summed E-state index contributed by atoms with van der Waals surface area (Å²) in [5.74, 6) is -0.957. The zero-order valence-corrected chi connectivity index (χ0v) is 25.6. The quantitative estimate of drug-likeness (QED) is 0.385. The Hall–Kier alpha value is -3.70. The first-order valence-electron chi connectivity index (χ1n) is 12.8. The van der Waals surface area contributed by atoms with Crippen LogP contribution in [0.25, 0.3) is 5.69 Å². The number of aliphatic imine (C=N–C) groups is 1. The summed E-state index contributed by atoms with van der Waals surface area (Å²) in [6, 6.07) is 6.07. The first kappa shape index (κ1) is 31.8. The first-order valence-corrected chi connectivity index (χ1v) is 13.6. The lowest BCUT2D eigenvalue weighted by Crippen LogP contribution is -2.41. The number of halogens is 2. The lowest BCUT2D eigenvalue weighted by atomic mass is 9.89. The van der Waals surface area contributed by atoms with Crippen LogP contribution in [0, 0.1) is 5.92 Å². The third-order valence-electron chi connectivity index (χ3n) is 6.20. The van der Waals surface area contributed by atoms with Gasteiger partial charge in [-0.15, -0.1) is 5.10 Å². The average Bonchev–Trinajstić information content (AvgIpc) is 3.41. The number of ether oxygens (including phenoxy) is 1.